The molecule has 0 spiro atoms. The zero-order valence-corrected chi connectivity index (χ0v) is 99.7. The van der Waals surface area contributed by atoms with Crippen LogP contribution in [-0.4, -0.2) is 60.5 Å². The van der Waals surface area contributed by atoms with Crippen LogP contribution in [0.25, 0.3) is 67.2 Å². The van der Waals surface area contributed by atoms with Gasteiger partial charge in [-0.1, -0.05) is 101 Å². The zero-order chi connectivity index (χ0) is 60.4. The minimum Gasteiger partial charge on any atom is -0.753 e. The van der Waals surface area contributed by atoms with Crippen molar-refractivity contribution in [2.24, 2.45) is 0 Å². The fourth-order valence-corrected chi connectivity index (χ4v) is 7.07. The van der Waals surface area contributed by atoms with E-state index in [9.17, 15) is 0 Å². The van der Waals surface area contributed by atoms with E-state index in [1.165, 1.54) is 57.5 Å². The van der Waals surface area contributed by atoms with E-state index in [-0.39, 0.29) is 461 Å². The fraction of sp³-hybridized carbons (Fsp3) is 0.119. The maximum atomic E-state index is 7.13. The molecular formula is C67H68N12Ru2S7Y12-6. The van der Waals surface area contributed by atoms with Crippen molar-refractivity contribution in [1.82, 2.24) is 39.9 Å². The molecule has 0 atom stereocenters. The van der Waals surface area contributed by atoms with Crippen LogP contribution >= 0.6 is 82.9 Å². The monoisotopic (exact) mass is 2540 g/mol. The Morgan fingerprint density at radius 2 is 0.440 bits per heavy atom. The van der Waals surface area contributed by atoms with Crippen LogP contribution in [-0.2, 0) is 431 Å². The van der Waals surface area contributed by atoms with Gasteiger partial charge in [-0.3, -0.25) is 39.9 Å². The normalized spacial score (nSPS) is 7.07. The first-order valence-electron chi connectivity index (χ1n) is 24.0. The molecule has 12 nitrogen and oxygen atoms in total. The van der Waals surface area contributed by atoms with E-state index in [4.69, 9.17) is 21.6 Å². The minimum absolute atomic E-state index is 0. The van der Waals surface area contributed by atoms with Crippen molar-refractivity contribution < 1.29 is 431 Å². The van der Waals surface area contributed by atoms with Gasteiger partial charge in [-0.05, 0) is 147 Å². The third kappa shape index (κ3) is 83.4. The largest absolute Gasteiger partial charge is 2.00 e. The summed E-state index contributed by atoms with van der Waals surface area (Å²) in [7, 11) is 0. The van der Waals surface area contributed by atoms with Gasteiger partial charge in [-0.15, -0.1) is 16.1 Å². The summed E-state index contributed by atoms with van der Waals surface area (Å²) in [5.74, 6) is 0. The van der Waals surface area contributed by atoms with Crippen molar-refractivity contribution in [2.45, 2.75) is 55.9 Å². The number of aromatic nitrogens is 8. The first kappa shape index (κ1) is 151. The van der Waals surface area contributed by atoms with Gasteiger partial charge in [-0.2, -0.15) is 53.5 Å². The van der Waals surface area contributed by atoms with Crippen molar-refractivity contribution in [3.05, 3.63) is 304 Å². The Kier molecular flexibility index (Phi) is 162. The van der Waals surface area contributed by atoms with Crippen LogP contribution in [0.5, 0.6) is 0 Å². The number of rotatable bonds is 4. The van der Waals surface area contributed by atoms with Gasteiger partial charge in [0, 0.05) is 442 Å². The van der Waals surface area contributed by atoms with E-state index in [0.29, 0.717) is 0 Å². The zero-order valence-electron chi connectivity index (χ0n) is 56.5. The molecule has 0 saturated carbocycles. The number of isothiocyanates is 4. The predicted octanol–water partition coefficient (Wildman–Crippen LogP) is 20.0. The van der Waals surface area contributed by atoms with Crippen LogP contribution in [0.2, 0.25) is 0 Å². The van der Waals surface area contributed by atoms with E-state index in [0.717, 1.165) is 45.6 Å². The van der Waals surface area contributed by atoms with E-state index in [1.807, 2.05) is 183 Å². The second-order valence-corrected chi connectivity index (χ2v) is 19.6. The maximum Gasteiger partial charge on any atom is 2.00 e. The molecule has 0 aliphatic carbocycles. The van der Waals surface area contributed by atoms with Crippen molar-refractivity contribution in [3.63, 3.8) is 0 Å². The Morgan fingerprint density at radius 3 is 0.540 bits per heavy atom. The predicted molar refractivity (Wildman–Crippen MR) is 382 cm³/mol. The molecule has 0 N–H and O–H groups in total. The second-order valence-electron chi connectivity index (χ2n) is 15.6. The Balaban J connectivity index is -0.0000000471. The SMILES string of the molecule is C.Cc1cc[c-]s1.Cc1cc[c-]s1.Cc1cc[c-]s1.Cc1ccnc(-c2cc(C)ccn2)c1.Cc1ccnc(-c2cc(C)ccn2)c1.[CH3-].[CH3-].[CH3-].[N-]=C=S.[N-]=C=S.[N-]=C=S.[N-]=C=S.[Ru+2].[Ru+2].[Y].[Y].[Y].[Y].[Y].[Y].[Y].[Y].[Y].[Y].[Y].[Y].c1ccc(-c2ccccn2)nc1.c1ccc(-c2ccccn2)nc1. The quantitative estimate of drug-likeness (QED) is 0.0702. The van der Waals surface area contributed by atoms with Gasteiger partial charge in [0.25, 0.3) is 0 Å². The van der Waals surface area contributed by atoms with Crippen molar-refractivity contribution in [3.8, 4) is 45.6 Å². The van der Waals surface area contributed by atoms with Gasteiger partial charge in [0.2, 0.25) is 0 Å². The average molecular weight is 2530 g/mol. The summed E-state index contributed by atoms with van der Waals surface area (Å²) in [6.45, 7) is 14.4. The molecular weight excluding hydrogens is 2470 g/mol. The Morgan fingerprint density at radius 1 is 0.280 bits per heavy atom. The summed E-state index contributed by atoms with van der Waals surface area (Å²) < 4.78 is 0. The summed E-state index contributed by atoms with van der Waals surface area (Å²) in [4.78, 5) is 37.9. The summed E-state index contributed by atoms with van der Waals surface area (Å²) in [6.07, 6.45) is 14.3. The number of hydrogen-bond acceptors (Lipinski definition) is 15. The molecule has 100 heavy (non-hydrogen) atoms. The average Bonchev–Trinajstić information content (AvgIpc) is 1.02. The molecule has 0 amide bonds. The third-order valence-corrected chi connectivity index (χ3v) is 11.3. The van der Waals surface area contributed by atoms with Crippen molar-refractivity contribution >= 4 is 104 Å². The number of nitrogens with zero attached hydrogens (tertiary/aromatic N) is 12. The molecule has 11 aromatic rings. The van der Waals surface area contributed by atoms with E-state index in [1.54, 1.807) is 58.8 Å². The molecule has 0 bridgehead atoms. The Labute approximate surface area is 959 Å². The van der Waals surface area contributed by atoms with Gasteiger partial charge >= 0.3 is 39.0 Å². The molecule has 496 valence electrons. The van der Waals surface area contributed by atoms with Crippen LogP contribution in [0.15, 0.2) is 207 Å². The summed E-state index contributed by atoms with van der Waals surface area (Å²) >= 11 is 19.8. The summed E-state index contributed by atoms with van der Waals surface area (Å²) in [5, 5.41) is 42.8. The van der Waals surface area contributed by atoms with E-state index < -0.39 is 0 Å². The molecule has 0 aliphatic heterocycles. The van der Waals surface area contributed by atoms with Gasteiger partial charge < -0.3 is 77.9 Å². The minimum atomic E-state index is 0. The number of thiophene rings is 3. The maximum absolute atomic E-state index is 7.13. The van der Waals surface area contributed by atoms with Gasteiger partial charge in [0.15, 0.2) is 0 Å². The van der Waals surface area contributed by atoms with Gasteiger partial charge in [-0.25, -0.2) is 18.2 Å². The second kappa shape index (κ2) is 107. The fourth-order valence-electron chi connectivity index (χ4n) is 5.70. The van der Waals surface area contributed by atoms with E-state index in [2.05, 4.69) is 153 Å². The van der Waals surface area contributed by atoms with Gasteiger partial charge in [0.1, 0.15) is 0 Å². The standard InChI is InChI=1S/2C12H12N2.2C10H8N2.3C5H5S.4CNS.CH4.3CH3.2Ru.12Y/c2*1-9-3-5-13-11(7-9)12-8-10(2)4-6-14-12;2*1-3-7-11-9(5-1)10-6-2-4-8-12-10;3*1-5-3-2-4-6-5;4*2-1-3;;;;;;;;;;;;;;;;;;/h2*3-8H,1-2H3;2*1-8H;3*2-3H,1H3;;;;;1H4;3*1H3;;;;;;;;;;;;;;/q;;;;7*-1;;3*-1;2*+2;;;;;;;;;;;;. The van der Waals surface area contributed by atoms with Crippen LogP contribution in [0.1, 0.15) is 44.3 Å². The molecule has 0 aliphatic rings. The first-order valence-corrected chi connectivity index (χ1v) is 28.1. The van der Waals surface area contributed by atoms with Crippen molar-refractivity contribution in [2.75, 3.05) is 0 Å². The number of aryl methyl sites for hydroxylation is 7. The van der Waals surface area contributed by atoms with Crippen LogP contribution in [0, 0.1) is 86.9 Å². The van der Waals surface area contributed by atoms with Crippen LogP contribution in [0.4, 0.5) is 0 Å². The van der Waals surface area contributed by atoms with Crippen LogP contribution in [0.3, 0.4) is 0 Å². The van der Waals surface area contributed by atoms with Crippen LogP contribution < -0.4 is 0 Å². The molecule has 11 heterocycles. The third-order valence-electron chi connectivity index (χ3n) is 9.19. The Bertz CT molecular complexity index is 3100. The molecule has 33 heteroatoms. The molecule has 0 fully saturated rings. The molecule has 0 saturated heterocycles. The molecule has 0 aromatic carbocycles. The Hall–Kier alpha value is 5.99. The number of thiocarbonyl (C=S) groups is 4. The number of pyridine rings is 8. The molecule has 11 aromatic heterocycles. The molecule has 0 unspecified atom stereocenters. The summed E-state index contributed by atoms with van der Waals surface area (Å²) in [6, 6.07) is 51.2. The molecule has 11 rings (SSSR count). The van der Waals surface area contributed by atoms with Crippen molar-refractivity contribution in [1.29, 1.82) is 0 Å². The number of hydrogen-bond donors (Lipinski definition) is 0. The first-order chi connectivity index (χ1) is 39.8. The van der Waals surface area contributed by atoms with E-state index >= 15 is 0 Å². The summed E-state index contributed by atoms with van der Waals surface area (Å²) in [5.41, 5.74) is 12.2. The topological polar surface area (TPSA) is 192 Å². The van der Waals surface area contributed by atoms with Gasteiger partial charge in [0.05, 0.1) is 45.6 Å². The smallest absolute Gasteiger partial charge is 0.753 e. The molecule has 12 radical (unpaired) electrons.